The van der Waals surface area contributed by atoms with Crippen molar-refractivity contribution in [2.75, 3.05) is 34.6 Å². The molecule has 2 N–H and O–H groups in total. The van der Waals surface area contributed by atoms with Crippen LogP contribution in [0.25, 0.3) is 0 Å². The maximum Gasteiger partial charge on any atom is 0.261 e. The molecular weight excluding hydrogens is 450 g/mol. The van der Waals surface area contributed by atoms with Crippen molar-refractivity contribution in [1.82, 2.24) is 9.97 Å². The van der Waals surface area contributed by atoms with Gasteiger partial charge in [-0.2, -0.15) is 0 Å². The zero-order valence-corrected chi connectivity index (χ0v) is 20.4. The molecule has 0 amide bonds. The van der Waals surface area contributed by atoms with Gasteiger partial charge in [0, 0.05) is 30.5 Å². The third-order valence-corrected chi connectivity index (χ3v) is 6.96. The Hall–Kier alpha value is -3.33. The molecule has 180 valence electrons. The molecule has 0 spiro atoms. The molecule has 0 bridgehead atoms. The number of aromatic nitrogens is 2. The van der Waals surface area contributed by atoms with Gasteiger partial charge < -0.3 is 15.0 Å². The quantitative estimate of drug-likeness (QED) is 0.389. The van der Waals surface area contributed by atoms with Crippen LogP contribution >= 0.6 is 0 Å². The SMILES string of the molecule is CCCCOc1ccc(S(=O)(=O)Nc2ccc(Nc3cc(N4CCCC4)nc(C)n3)cc2)cc1. The van der Waals surface area contributed by atoms with Crippen LogP contribution in [-0.2, 0) is 10.0 Å². The molecule has 1 fully saturated rings. The smallest absolute Gasteiger partial charge is 0.261 e. The zero-order valence-electron chi connectivity index (χ0n) is 19.6. The summed E-state index contributed by atoms with van der Waals surface area (Å²) in [6, 6.07) is 15.5. The number of hydrogen-bond acceptors (Lipinski definition) is 7. The summed E-state index contributed by atoms with van der Waals surface area (Å²) >= 11 is 0. The van der Waals surface area contributed by atoms with Gasteiger partial charge in [-0.1, -0.05) is 13.3 Å². The first-order valence-corrected chi connectivity index (χ1v) is 13.1. The van der Waals surface area contributed by atoms with Crippen molar-refractivity contribution in [3.63, 3.8) is 0 Å². The van der Waals surface area contributed by atoms with E-state index in [1.807, 2.05) is 25.1 Å². The van der Waals surface area contributed by atoms with Crippen LogP contribution in [0.15, 0.2) is 59.5 Å². The number of hydrogen-bond donors (Lipinski definition) is 2. The fourth-order valence-electron chi connectivity index (χ4n) is 3.76. The number of ether oxygens (including phenoxy) is 1. The fourth-order valence-corrected chi connectivity index (χ4v) is 4.82. The van der Waals surface area contributed by atoms with Gasteiger partial charge >= 0.3 is 0 Å². The van der Waals surface area contributed by atoms with E-state index < -0.39 is 10.0 Å². The Kier molecular flexibility index (Phi) is 7.52. The van der Waals surface area contributed by atoms with E-state index in [4.69, 9.17) is 4.74 Å². The highest BCUT2D eigenvalue weighted by atomic mass is 32.2. The Morgan fingerprint density at radius 1 is 0.971 bits per heavy atom. The monoisotopic (exact) mass is 481 g/mol. The lowest BCUT2D eigenvalue weighted by atomic mass is 10.3. The summed E-state index contributed by atoms with van der Waals surface area (Å²) in [6.07, 6.45) is 4.37. The highest BCUT2D eigenvalue weighted by Gasteiger charge is 2.16. The van der Waals surface area contributed by atoms with Crippen molar-refractivity contribution in [3.05, 3.63) is 60.4 Å². The van der Waals surface area contributed by atoms with Crippen LogP contribution in [0.5, 0.6) is 5.75 Å². The third kappa shape index (κ3) is 6.17. The number of nitrogens with zero attached hydrogens (tertiary/aromatic N) is 3. The lowest BCUT2D eigenvalue weighted by molar-refractivity contribution is 0.309. The van der Waals surface area contributed by atoms with E-state index in [2.05, 4.69) is 31.8 Å². The number of unbranched alkanes of at least 4 members (excludes halogenated alkanes) is 1. The van der Waals surface area contributed by atoms with Crippen LogP contribution in [0.1, 0.15) is 38.4 Å². The number of anilines is 4. The topological polar surface area (TPSA) is 96.5 Å². The van der Waals surface area contributed by atoms with Gasteiger partial charge in [0.05, 0.1) is 11.5 Å². The average molecular weight is 482 g/mol. The van der Waals surface area contributed by atoms with Crippen LogP contribution in [0.2, 0.25) is 0 Å². The molecule has 1 aliphatic rings. The molecule has 0 saturated carbocycles. The van der Waals surface area contributed by atoms with E-state index in [-0.39, 0.29) is 4.90 Å². The minimum Gasteiger partial charge on any atom is -0.494 e. The van der Waals surface area contributed by atoms with Crippen LogP contribution < -0.4 is 19.7 Å². The molecular formula is C25H31N5O3S. The molecule has 0 atom stereocenters. The van der Waals surface area contributed by atoms with E-state index in [9.17, 15) is 8.42 Å². The van der Waals surface area contributed by atoms with E-state index >= 15 is 0 Å². The number of rotatable bonds is 10. The molecule has 1 aliphatic heterocycles. The van der Waals surface area contributed by atoms with Gasteiger partial charge in [-0.05, 0) is 74.7 Å². The first kappa shape index (κ1) is 23.8. The van der Waals surface area contributed by atoms with Gasteiger partial charge in [-0.3, -0.25) is 4.72 Å². The average Bonchev–Trinajstić information content (AvgIpc) is 3.36. The third-order valence-electron chi connectivity index (χ3n) is 5.56. The van der Waals surface area contributed by atoms with E-state index in [0.29, 0.717) is 29.7 Å². The van der Waals surface area contributed by atoms with Crippen molar-refractivity contribution >= 4 is 33.0 Å². The number of aryl methyl sites for hydroxylation is 1. The summed E-state index contributed by atoms with van der Waals surface area (Å²) < 4.78 is 33.7. The Bertz CT molecular complexity index is 1190. The van der Waals surface area contributed by atoms with Gasteiger partial charge in [0.2, 0.25) is 0 Å². The predicted molar refractivity (Wildman–Crippen MR) is 136 cm³/mol. The second-order valence-electron chi connectivity index (χ2n) is 8.33. The van der Waals surface area contributed by atoms with E-state index in [0.717, 1.165) is 37.4 Å². The molecule has 1 aromatic heterocycles. The molecule has 0 aliphatic carbocycles. The summed E-state index contributed by atoms with van der Waals surface area (Å²) in [5.74, 6) is 3.01. The second-order valence-corrected chi connectivity index (χ2v) is 10.0. The summed E-state index contributed by atoms with van der Waals surface area (Å²) in [5, 5.41) is 3.29. The van der Waals surface area contributed by atoms with Gasteiger partial charge in [0.15, 0.2) is 0 Å². The highest BCUT2D eigenvalue weighted by molar-refractivity contribution is 7.92. The molecule has 2 aromatic carbocycles. The number of nitrogens with one attached hydrogen (secondary N) is 2. The second kappa shape index (κ2) is 10.7. The fraction of sp³-hybridized carbons (Fsp3) is 0.360. The molecule has 1 saturated heterocycles. The first-order valence-electron chi connectivity index (χ1n) is 11.7. The molecule has 3 aromatic rings. The van der Waals surface area contributed by atoms with Crippen molar-refractivity contribution in [3.8, 4) is 5.75 Å². The molecule has 4 rings (SSSR count). The van der Waals surface area contributed by atoms with Crippen LogP contribution in [0.4, 0.5) is 23.0 Å². The molecule has 0 unspecified atom stereocenters. The maximum atomic E-state index is 12.8. The highest BCUT2D eigenvalue weighted by Crippen LogP contribution is 2.25. The largest absolute Gasteiger partial charge is 0.494 e. The molecule has 8 nitrogen and oxygen atoms in total. The molecule has 34 heavy (non-hydrogen) atoms. The van der Waals surface area contributed by atoms with Crippen LogP contribution in [-0.4, -0.2) is 38.1 Å². The van der Waals surface area contributed by atoms with Crippen LogP contribution in [0.3, 0.4) is 0 Å². The number of sulfonamides is 1. The van der Waals surface area contributed by atoms with E-state index in [1.165, 1.54) is 12.8 Å². The molecule has 0 radical (unpaired) electrons. The maximum absolute atomic E-state index is 12.8. The van der Waals surface area contributed by atoms with Crippen molar-refractivity contribution in [1.29, 1.82) is 0 Å². The van der Waals surface area contributed by atoms with Crippen molar-refractivity contribution < 1.29 is 13.2 Å². The van der Waals surface area contributed by atoms with Gasteiger partial charge in [0.1, 0.15) is 23.2 Å². The van der Waals surface area contributed by atoms with E-state index in [1.54, 1.807) is 36.4 Å². The van der Waals surface area contributed by atoms with Crippen molar-refractivity contribution in [2.24, 2.45) is 0 Å². The minimum absolute atomic E-state index is 0.184. The zero-order chi connectivity index (χ0) is 24.0. The van der Waals surface area contributed by atoms with Crippen molar-refractivity contribution in [2.45, 2.75) is 44.4 Å². The van der Waals surface area contributed by atoms with Gasteiger partial charge in [-0.25, -0.2) is 18.4 Å². The minimum atomic E-state index is -3.70. The Labute approximate surface area is 201 Å². The summed E-state index contributed by atoms with van der Waals surface area (Å²) in [4.78, 5) is 11.5. The Morgan fingerprint density at radius 2 is 1.65 bits per heavy atom. The summed E-state index contributed by atoms with van der Waals surface area (Å²) in [7, 11) is -3.70. The lowest BCUT2D eigenvalue weighted by Crippen LogP contribution is -2.19. The first-order chi connectivity index (χ1) is 16.4. The number of benzene rings is 2. The molecule has 9 heteroatoms. The summed E-state index contributed by atoms with van der Waals surface area (Å²) in [5.41, 5.74) is 1.28. The normalized spacial score (nSPS) is 13.6. The predicted octanol–water partition coefficient (Wildman–Crippen LogP) is 5.11. The summed E-state index contributed by atoms with van der Waals surface area (Å²) in [6.45, 7) is 6.62. The van der Waals surface area contributed by atoms with Crippen LogP contribution in [0, 0.1) is 6.92 Å². The van der Waals surface area contributed by atoms with Gasteiger partial charge in [0.25, 0.3) is 10.0 Å². The van der Waals surface area contributed by atoms with Gasteiger partial charge in [-0.15, -0.1) is 0 Å². The Balaban J connectivity index is 1.40. The Morgan fingerprint density at radius 3 is 2.32 bits per heavy atom. The lowest BCUT2D eigenvalue weighted by Gasteiger charge is -2.18. The standard InChI is InChI=1S/C25H31N5O3S/c1-3-4-17-33-22-11-13-23(14-12-22)34(31,32)29-21-9-7-20(8-10-21)28-24-18-25(27-19(2)26-24)30-15-5-6-16-30/h7-14,18,29H,3-6,15-17H2,1-2H3,(H,26,27,28). The molecule has 2 heterocycles.